The Kier molecular flexibility index (Phi) is 4.80. The quantitative estimate of drug-likeness (QED) is 0.908. The maximum absolute atomic E-state index is 13.9. The highest BCUT2D eigenvalue weighted by Crippen LogP contribution is 2.33. The number of hydrogen-bond donors (Lipinski definition) is 1. The first kappa shape index (κ1) is 17.8. The lowest BCUT2D eigenvalue weighted by Crippen LogP contribution is -2.50. The predicted molar refractivity (Wildman–Crippen MR) is 91.0 cm³/mol. The van der Waals surface area contributed by atoms with Gasteiger partial charge in [-0.25, -0.2) is 8.78 Å². The first-order valence-electron chi connectivity index (χ1n) is 8.85. The zero-order chi connectivity index (χ0) is 18.2. The number of hydrogen-bond acceptors (Lipinski definition) is 2. The summed E-state index contributed by atoms with van der Waals surface area (Å²) < 4.78 is 27.0. The SMILES string of the molecule is CC1CCC(C)(NC(=O)C2CC(=O)N(c3ccc(F)cc3F)C2)CC1. The third kappa shape index (κ3) is 3.83. The Morgan fingerprint density at radius 3 is 2.60 bits per heavy atom. The lowest BCUT2D eigenvalue weighted by molar-refractivity contribution is -0.128. The smallest absolute Gasteiger partial charge is 0.227 e. The van der Waals surface area contributed by atoms with Gasteiger partial charge in [0.25, 0.3) is 0 Å². The Bertz CT molecular complexity index is 684. The summed E-state index contributed by atoms with van der Waals surface area (Å²) >= 11 is 0. The van der Waals surface area contributed by atoms with Crippen LogP contribution in [0.25, 0.3) is 0 Å². The van der Waals surface area contributed by atoms with Crippen molar-refractivity contribution in [2.75, 3.05) is 11.4 Å². The maximum Gasteiger partial charge on any atom is 0.227 e. The molecule has 6 heteroatoms. The molecule has 0 aromatic heterocycles. The highest BCUT2D eigenvalue weighted by molar-refractivity contribution is 6.00. The summed E-state index contributed by atoms with van der Waals surface area (Å²) in [4.78, 5) is 26.1. The molecule has 1 unspecified atom stereocenters. The van der Waals surface area contributed by atoms with E-state index in [4.69, 9.17) is 0 Å². The van der Waals surface area contributed by atoms with Crippen molar-refractivity contribution in [3.8, 4) is 0 Å². The fourth-order valence-electron chi connectivity index (χ4n) is 3.74. The second-order valence-corrected chi connectivity index (χ2v) is 7.73. The van der Waals surface area contributed by atoms with Gasteiger partial charge in [-0.15, -0.1) is 0 Å². The molecule has 2 amide bonds. The molecule has 1 saturated heterocycles. The average Bonchev–Trinajstić information content (AvgIpc) is 2.92. The van der Waals surface area contributed by atoms with Crippen LogP contribution in [-0.2, 0) is 9.59 Å². The van der Waals surface area contributed by atoms with Crippen LogP contribution in [0.5, 0.6) is 0 Å². The highest BCUT2D eigenvalue weighted by atomic mass is 19.1. The molecule has 1 saturated carbocycles. The molecule has 25 heavy (non-hydrogen) atoms. The number of carbonyl (C=O) groups excluding carboxylic acids is 2. The second kappa shape index (κ2) is 6.73. The van der Waals surface area contributed by atoms with E-state index in [-0.39, 0.29) is 36.0 Å². The van der Waals surface area contributed by atoms with Crippen molar-refractivity contribution in [2.24, 2.45) is 11.8 Å². The fraction of sp³-hybridized carbons (Fsp3) is 0.579. The first-order valence-corrected chi connectivity index (χ1v) is 8.85. The van der Waals surface area contributed by atoms with E-state index in [1.807, 2.05) is 6.92 Å². The fourth-order valence-corrected chi connectivity index (χ4v) is 3.74. The zero-order valence-electron chi connectivity index (χ0n) is 14.6. The topological polar surface area (TPSA) is 49.4 Å². The van der Waals surface area contributed by atoms with Crippen molar-refractivity contribution in [2.45, 2.75) is 51.5 Å². The Morgan fingerprint density at radius 2 is 1.96 bits per heavy atom. The Labute approximate surface area is 146 Å². The second-order valence-electron chi connectivity index (χ2n) is 7.73. The van der Waals surface area contributed by atoms with Gasteiger partial charge in [-0.1, -0.05) is 6.92 Å². The molecular weight excluding hydrogens is 326 g/mol. The number of nitrogens with one attached hydrogen (secondary N) is 1. The number of anilines is 1. The summed E-state index contributed by atoms with van der Waals surface area (Å²) in [7, 11) is 0. The number of rotatable bonds is 3. The summed E-state index contributed by atoms with van der Waals surface area (Å²) in [5.74, 6) is -1.78. The summed E-state index contributed by atoms with van der Waals surface area (Å²) in [6.07, 6.45) is 4.06. The number of halogens is 2. The third-order valence-corrected chi connectivity index (χ3v) is 5.50. The average molecular weight is 350 g/mol. The van der Waals surface area contributed by atoms with Gasteiger partial charge in [-0.05, 0) is 50.7 Å². The van der Waals surface area contributed by atoms with Gasteiger partial charge in [0.1, 0.15) is 11.6 Å². The van der Waals surface area contributed by atoms with Gasteiger partial charge in [0.05, 0.1) is 11.6 Å². The van der Waals surface area contributed by atoms with Crippen LogP contribution >= 0.6 is 0 Å². The number of amides is 2. The zero-order valence-corrected chi connectivity index (χ0v) is 14.6. The molecule has 1 aromatic carbocycles. The highest BCUT2D eigenvalue weighted by Gasteiger charge is 2.39. The van der Waals surface area contributed by atoms with Crippen molar-refractivity contribution in [3.63, 3.8) is 0 Å². The molecule has 1 N–H and O–H groups in total. The van der Waals surface area contributed by atoms with Gasteiger partial charge >= 0.3 is 0 Å². The van der Waals surface area contributed by atoms with Crippen LogP contribution in [0.3, 0.4) is 0 Å². The van der Waals surface area contributed by atoms with Gasteiger partial charge in [0.2, 0.25) is 11.8 Å². The van der Waals surface area contributed by atoms with Crippen molar-refractivity contribution < 1.29 is 18.4 Å². The van der Waals surface area contributed by atoms with Crippen molar-refractivity contribution >= 4 is 17.5 Å². The van der Waals surface area contributed by atoms with Crippen LogP contribution in [0.4, 0.5) is 14.5 Å². The minimum Gasteiger partial charge on any atom is -0.351 e. The molecule has 0 radical (unpaired) electrons. The Morgan fingerprint density at radius 1 is 1.28 bits per heavy atom. The molecule has 4 nitrogen and oxygen atoms in total. The number of benzene rings is 1. The molecule has 1 aliphatic heterocycles. The molecule has 1 aromatic rings. The van der Waals surface area contributed by atoms with Gasteiger partial charge in [-0.2, -0.15) is 0 Å². The minimum atomic E-state index is -0.789. The lowest BCUT2D eigenvalue weighted by atomic mass is 9.78. The number of nitrogens with zero attached hydrogens (tertiary/aromatic N) is 1. The van der Waals surface area contributed by atoms with Crippen LogP contribution in [0, 0.1) is 23.5 Å². The Hall–Kier alpha value is -1.98. The van der Waals surface area contributed by atoms with Gasteiger partial charge in [0.15, 0.2) is 0 Å². The van der Waals surface area contributed by atoms with E-state index < -0.39 is 17.6 Å². The molecule has 136 valence electrons. The summed E-state index contributed by atoms with van der Waals surface area (Å²) in [5, 5.41) is 3.10. The van der Waals surface area contributed by atoms with Crippen LogP contribution in [0.1, 0.15) is 46.0 Å². The molecule has 3 rings (SSSR count). The minimum absolute atomic E-state index is 0.0272. The van der Waals surface area contributed by atoms with Crippen LogP contribution in [0.2, 0.25) is 0 Å². The summed E-state index contributed by atoms with van der Waals surface area (Å²) in [6.45, 7) is 4.39. The molecule has 2 aliphatic rings. The standard InChI is InChI=1S/C19H24F2N2O2/c1-12-5-7-19(2,8-6-12)22-18(25)13-9-17(24)23(11-13)16-4-3-14(20)10-15(16)21/h3-4,10,12-13H,5-9,11H2,1-2H3,(H,22,25). The molecule has 1 atom stereocenters. The van der Waals surface area contributed by atoms with Crippen molar-refractivity contribution in [3.05, 3.63) is 29.8 Å². The molecule has 2 fully saturated rings. The van der Waals surface area contributed by atoms with E-state index >= 15 is 0 Å². The number of carbonyl (C=O) groups is 2. The van der Waals surface area contributed by atoms with Gasteiger partial charge < -0.3 is 10.2 Å². The summed E-state index contributed by atoms with van der Waals surface area (Å²) in [5.41, 5.74) is -0.208. The molecule has 0 bridgehead atoms. The summed E-state index contributed by atoms with van der Waals surface area (Å²) in [6, 6.07) is 3.11. The molecule has 0 spiro atoms. The van der Waals surface area contributed by atoms with E-state index in [1.165, 1.54) is 11.0 Å². The van der Waals surface area contributed by atoms with E-state index in [2.05, 4.69) is 12.2 Å². The lowest BCUT2D eigenvalue weighted by Gasteiger charge is -2.37. The molecule has 1 aliphatic carbocycles. The largest absolute Gasteiger partial charge is 0.351 e. The molecular formula is C19H24F2N2O2. The van der Waals surface area contributed by atoms with Crippen LogP contribution < -0.4 is 10.2 Å². The van der Waals surface area contributed by atoms with Crippen molar-refractivity contribution in [1.29, 1.82) is 0 Å². The first-order chi connectivity index (χ1) is 11.8. The monoisotopic (exact) mass is 350 g/mol. The maximum atomic E-state index is 13.9. The Balaban J connectivity index is 1.66. The van der Waals surface area contributed by atoms with E-state index in [1.54, 1.807) is 0 Å². The normalized spacial score (nSPS) is 29.8. The molecule has 1 heterocycles. The third-order valence-electron chi connectivity index (χ3n) is 5.50. The van der Waals surface area contributed by atoms with Crippen molar-refractivity contribution in [1.82, 2.24) is 5.32 Å². The van der Waals surface area contributed by atoms with E-state index in [0.29, 0.717) is 5.92 Å². The van der Waals surface area contributed by atoms with Gasteiger partial charge in [-0.3, -0.25) is 9.59 Å². The van der Waals surface area contributed by atoms with E-state index in [9.17, 15) is 18.4 Å². The van der Waals surface area contributed by atoms with Crippen LogP contribution in [0.15, 0.2) is 18.2 Å². The van der Waals surface area contributed by atoms with Gasteiger partial charge in [0, 0.05) is 24.6 Å². The van der Waals surface area contributed by atoms with E-state index in [0.717, 1.165) is 37.8 Å². The van der Waals surface area contributed by atoms with Crippen LogP contribution in [-0.4, -0.2) is 23.9 Å². The predicted octanol–water partition coefficient (Wildman–Crippen LogP) is 3.40.